The molecule has 0 heterocycles. The summed E-state index contributed by atoms with van der Waals surface area (Å²) in [5, 5.41) is 0. The minimum absolute atomic E-state index is 0.0464. The van der Waals surface area contributed by atoms with E-state index in [9.17, 15) is 14.4 Å². The Balaban J connectivity index is 1.55. The number of ketones is 3. The summed E-state index contributed by atoms with van der Waals surface area (Å²) in [6.45, 7) is 1.79. The largest absolute Gasteiger partial charge is 0.299 e. The van der Waals surface area contributed by atoms with Gasteiger partial charge in [0.1, 0.15) is 17.3 Å². The molecule has 0 aliphatic heterocycles. The molecule has 0 spiro atoms. The number of hydrogen-bond donors (Lipinski definition) is 0. The van der Waals surface area contributed by atoms with Crippen molar-refractivity contribution in [1.29, 1.82) is 0 Å². The Hall–Kier alpha value is -2.29. The molecular weight excluding hydrogens is 324 g/mol. The number of hydrogen-bond acceptors (Lipinski definition) is 3. The van der Waals surface area contributed by atoms with E-state index in [1.807, 2.05) is 0 Å². The van der Waals surface area contributed by atoms with Crippen LogP contribution >= 0.6 is 0 Å². The summed E-state index contributed by atoms with van der Waals surface area (Å²) < 4.78 is 0. The second-order valence-corrected chi connectivity index (χ2v) is 7.92. The van der Waals surface area contributed by atoms with Crippen LogP contribution in [0.25, 0.3) is 0 Å². The molecule has 0 aromatic carbocycles. The number of rotatable bonds is 5. The van der Waals surface area contributed by atoms with E-state index in [0.29, 0.717) is 6.42 Å². The van der Waals surface area contributed by atoms with Gasteiger partial charge in [0, 0.05) is 24.7 Å². The van der Waals surface area contributed by atoms with Crippen LogP contribution in [0.3, 0.4) is 0 Å². The number of allylic oxidation sites excluding steroid dienone is 10. The topological polar surface area (TPSA) is 51.2 Å². The maximum Gasteiger partial charge on any atom is 0.147 e. The molecule has 3 heteroatoms. The van der Waals surface area contributed by atoms with Crippen LogP contribution in [0.2, 0.25) is 0 Å². The van der Waals surface area contributed by atoms with Crippen LogP contribution in [0.5, 0.6) is 0 Å². The number of Topliss-reactive ketones (excluding diaryl/α,β-unsaturated/α-hetero) is 3. The summed E-state index contributed by atoms with van der Waals surface area (Å²) in [6.07, 6.45) is 17.8. The number of carbonyl (C=O) groups is 3. The van der Waals surface area contributed by atoms with Crippen molar-refractivity contribution < 1.29 is 14.4 Å². The van der Waals surface area contributed by atoms with E-state index in [2.05, 4.69) is 42.5 Å². The average molecular weight is 348 g/mol. The van der Waals surface area contributed by atoms with Crippen LogP contribution in [0.15, 0.2) is 59.3 Å². The van der Waals surface area contributed by atoms with E-state index < -0.39 is 5.92 Å². The molecule has 0 N–H and O–H groups in total. The summed E-state index contributed by atoms with van der Waals surface area (Å²) in [7, 11) is 0. The summed E-state index contributed by atoms with van der Waals surface area (Å²) >= 11 is 0. The Morgan fingerprint density at radius 2 is 1.81 bits per heavy atom. The van der Waals surface area contributed by atoms with E-state index >= 15 is 0 Å². The third-order valence-electron chi connectivity index (χ3n) is 6.22. The Labute approximate surface area is 154 Å². The molecule has 0 aromatic rings. The summed E-state index contributed by atoms with van der Waals surface area (Å²) in [5.74, 6) is -1.05. The highest BCUT2D eigenvalue weighted by atomic mass is 16.2. The zero-order chi connectivity index (χ0) is 18.3. The summed E-state index contributed by atoms with van der Waals surface area (Å²) in [4.78, 5) is 37.5. The number of carbonyl (C=O) groups excluding carboxylic acids is 3. The molecule has 4 aliphatic rings. The van der Waals surface area contributed by atoms with Gasteiger partial charge in [-0.05, 0) is 36.3 Å². The zero-order valence-corrected chi connectivity index (χ0v) is 15.1. The van der Waals surface area contributed by atoms with Gasteiger partial charge in [-0.3, -0.25) is 14.4 Å². The van der Waals surface area contributed by atoms with E-state index in [-0.39, 0.29) is 41.5 Å². The Morgan fingerprint density at radius 1 is 1.04 bits per heavy atom. The van der Waals surface area contributed by atoms with Gasteiger partial charge < -0.3 is 0 Å². The summed E-state index contributed by atoms with van der Waals surface area (Å²) in [6, 6.07) is 0. The molecule has 26 heavy (non-hydrogen) atoms. The maximum atomic E-state index is 13.1. The minimum Gasteiger partial charge on any atom is -0.299 e. The molecule has 134 valence electrons. The van der Waals surface area contributed by atoms with Crippen molar-refractivity contribution in [3.05, 3.63) is 59.3 Å². The van der Waals surface area contributed by atoms with Crippen LogP contribution in [-0.4, -0.2) is 17.3 Å². The van der Waals surface area contributed by atoms with Crippen molar-refractivity contribution in [1.82, 2.24) is 0 Å². The first kappa shape index (κ1) is 17.1. The molecule has 3 nitrogen and oxygen atoms in total. The van der Waals surface area contributed by atoms with E-state index in [0.717, 1.165) is 19.3 Å². The molecule has 0 saturated heterocycles. The van der Waals surface area contributed by atoms with Crippen molar-refractivity contribution in [3.8, 4) is 0 Å². The predicted molar refractivity (Wildman–Crippen MR) is 100 cm³/mol. The first-order chi connectivity index (χ1) is 12.5. The molecule has 4 atom stereocenters. The van der Waals surface area contributed by atoms with E-state index in [4.69, 9.17) is 0 Å². The standard InChI is InChI=1S/C23H24O3/c1-14-10-21(24)20(23(14)26)13-22(25)19-12-17(15-6-2-3-7-15)11-18(19)16-8-4-5-9-16/h2-6,8,12,14,18-20H,7,9-11,13H2,1H3. The highest BCUT2D eigenvalue weighted by Crippen LogP contribution is 2.44. The molecule has 4 rings (SSSR count). The highest BCUT2D eigenvalue weighted by Gasteiger charge is 2.43. The first-order valence-corrected chi connectivity index (χ1v) is 9.56. The average Bonchev–Trinajstić information content (AvgIpc) is 3.39. The second-order valence-electron chi connectivity index (χ2n) is 7.92. The van der Waals surface area contributed by atoms with Crippen LogP contribution in [0, 0.1) is 23.7 Å². The molecule has 0 radical (unpaired) electrons. The van der Waals surface area contributed by atoms with Gasteiger partial charge in [0.05, 0.1) is 5.92 Å². The van der Waals surface area contributed by atoms with Crippen molar-refractivity contribution in [2.75, 3.05) is 0 Å². The molecule has 4 aliphatic carbocycles. The van der Waals surface area contributed by atoms with Gasteiger partial charge in [-0.2, -0.15) is 0 Å². The molecule has 1 fully saturated rings. The lowest BCUT2D eigenvalue weighted by atomic mass is 9.81. The summed E-state index contributed by atoms with van der Waals surface area (Å²) in [5.41, 5.74) is 3.83. The van der Waals surface area contributed by atoms with Crippen LogP contribution in [0.4, 0.5) is 0 Å². The minimum atomic E-state index is -0.710. The fourth-order valence-electron chi connectivity index (χ4n) is 4.70. The first-order valence-electron chi connectivity index (χ1n) is 9.56. The fraction of sp³-hybridized carbons (Fsp3) is 0.435. The lowest BCUT2D eigenvalue weighted by Gasteiger charge is -2.21. The molecule has 0 amide bonds. The Morgan fingerprint density at radius 3 is 2.42 bits per heavy atom. The third-order valence-corrected chi connectivity index (χ3v) is 6.22. The lowest BCUT2D eigenvalue weighted by Crippen LogP contribution is -2.26. The van der Waals surface area contributed by atoms with E-state index in [1.54, 1.807) is 6.92 Å². The van der Waals surface area contributed by atoms with Crippen molar-refractivity contribution in [2.24, 2.45) is 23.7 Å². The van der Waals surface area contributed by atoms with E-state index in [1.165, 1.54) is 16.7 Å². The fourth-order valence-corrected chi connectivity index (χ4v) is 4.70. The van der Waals surface area contributed by atoms with Gasteiger partial charge in [0.15, 0.2) is 0 Å². The van der Waals surface area contributed by atoms with Gasteiger partial charge in [0.2, 0.25) is 0 Å². The normalized spacial score (nSPS) is 33.0. The van der Waals surface area contributed by atoms with Crippen molar-refractivity contribution in [2.45, 2.75) is 39.0 Å². The third kappa shape index (κ3) is 3.00. The molecule has 0 aromatic heterocycles. The quantitative estimate of drug-likeness (QED) is 0.704. The van der Waals surface area contributed by atoms with Gasteiger partial charge in [0.25, 0.3) is 0 Å². The second kappa shape index (κ2) is 6.79. The van der Waals surface area contributed by atoms with Crippen LogP contribution in [-0.2, 0) is 14.4 Å². The maximum absolute atomic E-state index is 13.1. The van der Waals surface area contributed by atoms with Gasteiger partial charge in [-0.15, -0.1) is 0 Å². The molecule has 4 unspecified atom stereocenters. The van der Waals surface area contributed by atoms with Crippen LogP contribution in [0.1, 0.15) is 39.0 Å². The smallest absolute Gasteiger partial charge is 0.147 e. The SMILES string of the molecule is CC1CC(=O)C(CC(=O)C2C=C(C3=CC=CC3)CC2C2=CC=CC2)C1=O. The lowest BCUT2D eigenvalue weighted by molar-refractivity contribution is -0.133. The molecule has 1 saturated carbocycles. The van der Waals surface area contributed by atoms with Crippen LogP contribution < -0.4 is 0 Å². The monoisotopic (exact) mass is 348 g/mol. The van der Waals surface area contributed by atoms with Crippen molar-refractivity contribution in [3.63, 3.8) is 0 Å². The molecular formula is C23H24O3. The highest BCUT2D eigenvalue weighted by molar-refractivity contribution is 6.12. The van der Waals surface area contributed by atoms with Gasteiger partial charge >= 0.3 is 0 Å². The Kier molecular flexibility index (Phi) is 4.47. The van der Waals surface area contributed by atoms with Gasteiger partial charge in [-0.25, -0.2) is 0 Å². The molecule has 0 bridgehead atoms. The van der Waals surface area contributed by atoms with Gasteiger partial charge in [-0.1, -0.05) is 55.0 Å². The Bertz CT molecular complexity index is 818. The predicted octanol–water partition coefficient (Wildman–Crippen LogP) is 4.07. The zero-order valence-electron chi connectivity index (χ0n) is 15.1. The van der Waals surface area contributed by atoms with Crippen molar-refractivity contribution >= 4 is 17.3 Å².